The van der Waals surface area contributed by atoms with Crippen LogP contribution in [0.1, 0.15) is 0 Å². The maximum Gasteiger partial charge on any atom is 0.158 e. The lowest BCUT2D eigenvalue weighted by Crippen LogP contribution is -1.84. The molecule has 0 aromatic heterocycles. The fourth-order valence-electron chi connectivity index (χ4n) is 1.17. The number of benzene rings is 2. The van der Waals surface area contributed by atoms with E-state index >= 15 is 0 Å². The summed E-state index contributed by atoms with van der Waals surface area (Å²) < 4.78 is 12.6. The van der Waals surface area contributed by atoms with Gasteiger partial charge in [-0.3, -0.25) is 0 Å². The van der Waals surface area contributed by atoms with Gasteiger partial charge >= 0.3 is 0 Å². The molecular formula is C12H10FS+. The lowest BCUT2D eigenvalue weighted by molar-refractivity contribution is 0.626. The van der Waals surface area contributed by atoms with E-state index in [2.05, 4.69) is 12.1 Å². The molecule has 0 saturated heterocycles. The summed E-state index contributed by atoms with van der Waals surface area (Å²) in [7, 11) is 0. The molecule has 0 amide bonds. The molecule has 0 atom stereocenters. The Kier molecular flexibility index (Phi) is 2.84. The topological polar surface area (TPSA) is 0 Å². The highest BCUT2D eigenvalue weighted by atomic mass is 32.2. The van der Waals surface area contributed by atoms with Gasteiger partial charge in [0.1, 0.15) is 5.82 Å². The molecule has 0 aliphatic rings. The van der Waals surface area contributed by atoms with Crippen molar-refractivity contribution in [1.82, 2.24) is 0 Å². The van der Waals surface area contributed by atoms with E-state index in [4.69, 9.17) is 0 Å². The highest BCUT2D eigenvalue weighted by Gasteiger charge is 2.05. The molecule has 0 N–H and O–H groups in total. The lowest BCUT2D eigenvalue weighted by atomic mass is 10.3. The van der Waals surface area contributed by atoms with Crippen molar-refractivity contribution in [1.29, 1.82) is 0 Å². The third-order valence-electron chi connectivity index (χ3n) is 1.84. The van der Waals surface area contributed by atoms with Crippen molar-refractivity contribution < 1.29 is 4.39 Å². The van der Waals surface area contributed by atoms with Gasteiger partial charge < -0.3 is 0 Å². The zero-order valence-corrected chi connectivity index (χ0v) is 8.42. The van der Waals surface area contributed by atoms with Crippen LogP contribution in [0.3, 0.4) is 0 Å². The van der Waals surface area contributed by atoms with E-state index in [1.807, 2.05) is 30.3 Å². The van der Waals surface area contributed by atoms with Gasteiger partial charge in [-0.05, 0) is 36.4 Å². The molecule has 14 heavy (non-hydrogen) atoms. The molecule has 0 unspecified atom stereocenters. The molecule has 70 valence electrons. The third-order valence-corrected chi connectivity index (χ3v) is 2.95. The molecule has 2 heteroatoms. The Morgan fingerprint density at radius 2 is 1.29 bits per heavy atom. The average molecular weight is 205 g/mol. The van der Waals surface area contributed by atoms with Crippen LogP contribution in [0, 0.1) is 5.82 Å². The van der Waals surface area contributed by atoms with Gasteiger partial charge in [0.25, 0.3) is 0 Å². The standard InChI is InChI=1S/C12H9FS/c13-10-6-8-12(9-7-10)14-11-4-2-1-3-5-11/h1-9H/p+1. The first-order valence-electron chi connectivity index (χ1n) is 4.37. The summed E-state index contributed by atoms with van der Waals surface area (Å²) in [6.07, 6.45) is 0. The van der Waals surface area contributed by atoms with Gasteiger partial charge in [-0.15, -0.1) is 0 Å². The minimum absolute atomic E-state index is 0.183. The highest BCUT2D eigenvalue weighted by Crippen LogP contribution is 2.12. The van der Waals surface area contributed by atoms with Crippen LogP contribution >= 0.6 is 0 Å². The molecule has 0 aliphatic heterocycles. The van der Waals surface area contributed by atoms with Crippen LogP contribution in [0.5, 0.6) is 0 Å². The second-order valence-electron chi connectivity index (χ2n) is 2.92. The summed E-state index contributed by atoms with van der Waals surface area (Å²) in [6.45, 7) is 0. The van der Waals surface area contributed by atoms with Crippen molar-refractivity contribution in [3.63, 3.8) is 0 Å². The van der Waals surface area contributed by atoms with Crippen molar-refractivity contribution in [3.8, 4) is 0 Å². The molecule has 2 aromatic carbocycles. The first-order chi connectivity index (χ1) is 6.84. The predicted molar refractivity (Wildman–Crippen MR) is 58.1 cm³/mol. The van der Waals surface area contributed by atoms with Crippen LogP contribution in [-0.4, -0.2) is 0 Å². The molecule has 0 bridgehead atoms. The molecule has 0 heterocycles. The van der Waals surface area contributed by atoms with Crippen LogP contribution in [0.2, 0.25) is 0 Å². The minimum Gasteiger partial charge on any atom is -0.207 e. The maximum absolute atomic E-state index is 12.6. The van der Waals surface area contributed by atoms with Crippen LogP contribution in [0.4, 0.5) is 4.39 Å². The van der Waals surface area contributed by atoms with Crippen molar-refractivity contribution in [2.75, 3.05) is 0 Å². The number of hydrogen-bond donors (Lipinski definition) is 0. The van der Waals surface area contributed by atoms with E-state index < -0.39 is 0 Å². The minimum atomic E-state index is -0.183. The fraction of sp³-hybridized carbons (Fsp3) is 0. The third kappa shape index (κ3) is 2.36. The first-order valence-corrected chi connectivity index (χ1v) is 5.26. The largest absolute Gasteiger partial charge is 0.207 e. The summed E-state index contributed by atoms with van der Waals surface area (Å²) in [6, 6.07) is 16.7. The smallest absolute Gasteiger partial charge is 0.158 e. The Morgan fingerprint density at radius 1 is 0.714 bits per heavy atom. The Morgan fingerprint density at radius 3 is 1.93 bits per heavy atom. The van der Waals surface area contributed by atoms with E-state index in [-0.39, 0.29) is 5.82 Å². The molecule has 0 spiro atoms. The van der Waals surface area contributed by atoms with Gasteiger partial charge in [0.2, 0.25) is 0 Å². The van der Waals surface area contributed by atoms with Gasteiger partial charge in [0.15, 0.2) is 9.79 Å². The van der Waals surface area contributed by atoms with E-state index in [0.717, 1.165) is 16.7 Å². The van der Waals surface area contributed by atoms with Crippen molar-refractivity contribution in [2.45, 2.75) is 9.79 Å². The van der Waals surface area contributed by atoms with E-state index in [9.17, 15) is 4.39 Å². The molecule has 0 nitrogen and oxygen atoms in total. The van der Waals surface area contributed by atoms with Gasteiger partial charge in [0.05, 0.1) is 0 Å². The quantitative estimate of drug-likeness (QED) is 0.522. The van der Waals surface area contributed by atoms with Crippen LogP contribution in [-0.2, 0) is 11.8 Å². The summed E-state index contributed by atoms with van der Waals surface area (Å²) in [5.41, 5.74) is 0. The molecule has 0 fully saturated rings. The van der Waals surface area contributed by atoms with Crippen molar-refractivity contribution in [3.05, 3.63) is 60.4 Å². The monoisotopic (exact) mass is 205 g/mol. The number of halogens is 1. The molecule has 2 aromatic rings. The SMILES string of the molecule is Fc1ccc([SH+]c2ccccc2)cc1. The summed E-state index contributed by atoms with van der Waals surface area (Å²) >= 11 is 1.12. The van der Waals surface area contributed by atoms with E-state index in [1.54, 1.807) is 0 Å². The lowest BCUT2D eigenvalue weighted by Gasteiger charge is -1.91. The fourth-order valence-corrected chi connectivity index (χ4v) is 2.08. The normalized spacial score (nSPS) is 10.1. The molecule has 2 rings (SSSR count). The summed E-state index contributed by atoms with van der Waals surface area (Å²) in [5, 5.41) is 0. The number of thiol groups is 1. The highest BCUT2D eigenvalue weighted by molar-refractivity contribution is 7.78. The molecule has 0 radical (unpaired) electrons. The maximum atomic E-state index is 12.6. The van der Waals surface area contributed by atoms with Gasteiger partial charge in [-0.1, -0.05) is 18.2 Å². The van der Waals surface area contributed by atoms with Crippen LogP contribution in [0.15, 0.2) is 64.4 Å². The van der Waals surface area contributed by atoms with E-state index in [0.29, 0.717) is 0 Å². The predicted octanol–water partition coefficient (Wildman–Crippen LogP) is 3.06. The summed E-state index contributed by atoms with van der Waals surface area (Å²) in [5.74, 6) is -0.183. The second-order valence-corrected chi connectivity index (χ2v) is 4.18. The molecule has 0 saturated carbocycles. The van der Waals surface area contributed by atoms with Crippen LogP contribution in [0.25, 0.3) is 0 Å². The number of hydrogen-bond acceptors (Lipinski definition) is 0. The Labute approximate surface area is 86.8 Å². The van der Waals surface area contributed by atoms with Gasteiger partial charge in [0, 0.05) is 11.8 Å². The Bertz CT molecular complexity index is 394. The molecular weight excluding hydrogens is 195 g/mol. The first kappa shape index (κ1) is 9.28. The zero-order valence-electron chi connectivity index (χ0n) is 7.52. The Hall–Kier alpha value is -1.28. The van der Waals surface area contributed by atoms with Gasteiger partial charge in [-0.25, -0.2) is 4.39 Å². The second kappa shape index (κ2) is 4.29. The Balaban J connectivity index is 2.16. The average Bonchev–Trinajstić information content (AvgIpc) is 2.23. The van der Waals surface area contributed by atoms with E-state index in [1.165, 1.54) is 17.0 Å². The number of rotatable bonds is 2. The van der Waals surface area contributed by atoms with Crippen molar-refractivity contribution >= 4 is 11.8 Å². The van der Waals surface area contributed by atoms with Gasteiger partial charge in [-0.2, -0.15) is 0 Å². The molecule has 0 aliphatic carbocycles. The summed E-state index contributed by atoms with van der Waals surface area (Å²) in [4.78, 5) is 2.33. The van der Waals surface area contributed by atoms with Crippen molar-refractivity contribution in [2.24, 2.45) is 0 Å². The van der Waals surface area contributed by atoms with Crippen LogP contribution < -0.4 is 0 Å². The zero-order chi connectivity index (χ0) is 9.80.